The summed E-state index contributed by atoms with van der Waals surface area (Å²) < 4.78 is 1.65. The zero-order valence-corrected chi connectivity index (χ0v) is 12.8. The second-order valence-electron chi connectivity index (χ2n) is 5.27. The molecule has 1 aromatic carbocycles. The van der Waals surface area contributed by atoms with Gasteiger partial charge in [-0.3, -0.25) is 9.48 Å². The lowest BCUT2D eigenvalue weighted by atomic mass is 10.1. The highest BCUT2D eigenvalue weighted by molar-refractivity contribution is 5.75. The molecule has 3 N–H and O–H groups in total. The molecule has 2 rings (SSSR count). The Morgan fingerprint density at radius 1 is 1.29 bits per heavy atom. The largest absolute Gasteiger partial charge is 0.396 e. The van der Waals surface area contributed by atoms with Crippen LogP contribution in [-0.2, 0) is 17.8 Å². The molecule has 0 saturated carbocycles. The maximum atomic E-state index is 11.9. The Balaban J connectivity index is 1.85. The van der Waals surface area contributed by atoms with Crippen LogP contribution in [0.1, 0.15) is 22.5 Å². The average Bonchev–Trinajstić information content (AvgIpc) is 2.68. The molecule has 1 amide bonds. The van der Waals surface area contributed by atoms with Gasteiger partial charge in [0.25, 0.3) is 0 Å². The van der Waals surface area contributed by atoms with Crippen molar-refractivity contribution in [1.29, 1.82) is 0 Å². The number of amides is 1. The number of benzene rings is 1. The van der Waals surface area contributed by atoms with E-state index in [1.807, 2.05) is 26.0 Å². The van der Waals surface area contributed by atoms with Gasteiger partial charge in [0.1, 0.15) is 6.54 Å². The number of aromatic nitrogens is 2. The molecule has 0 radical (unpaired) electrons. The van der Waals surface area contributed by atoms with Gasteiger partial charge in [0.05, 0.1) is 17.1 Å². The molecule has 0 aliphatic heterocycles. The van der Waals surface area contributed by atoms with Gasteiger partial charge in [-0.25, -0.2) is 0 Å². The Kier molecular flexibility index (Phi) is 4.62. The first-order valence-corrected chi connectivity index (χ1v) is 7.09. The molecular formula is C16H22N4O. The number of nitrogens with two attached hydrogens (primary N) is 1. The van der Waals surface area contributed by atoms with Crippen molar-refractivity contribution >= 4 is 11.6 Å². The van der Waals surface area contributed by atoms with E-state index in [0.29, 0.717) is 12.2 Å². The van der Waals surface area contributed by atoms with Crippen LogP contribution in [0, 0.1) is 20.8 Å². The first-order valence-electron chi connectivity index (χ1n) is 7.09. The van der Waals surface area contributed by atoms with Crippen LogP contribution < -0.4 is 11.1 Å². The first-order chi connectivity index (χ1) is 9.99. The van der Waals surface area contributed by atoms with Crippen LogP contribution >= 0.6 is 0 Å². The maximum Gasteiger partial charge on any atom is 0.241 e. The lowest BCUT2D eigenvalue weighted by molar-refractivity contribution is -0.121. The molecule has 0 spiro atoms. The smallest absolute Gasteiger partial charge is 0.241 e. The molecule has 5 nitrogen and oxygen atoms in total. The number of nitrogens with zero attached hydrogens (tertiary/aromatic N) is 2. The van der Waals surface area contributed by atoms with Crippen LogP contribution in [0.15, 0.2) is 24.3 Å². The Morgan fingerprint density at radius 3 is 2.62 bits per heavy atom. The number of nitrogens with one attached hydrogen (secondary N) is 1. The van der Waals surface area contributed by atoms with E-state index in [-0.39, 0.29) is 12.5 Å². The summed E-state index contributed by atoms with van der Waals surface area (Å²) in [7, 11) is 0. The predicted molar refractivity (Wildman–Crippen MR) is 84.0 cm³/mol. The topological polar surface area (TPSA) is 72.9 Å². The summed E-state index contributed by atoms with van der Waals surface area (Å²) in [6.07, 6.45) is 0.831. The van der Waals surface area contributed by atoms with Crippen molar-refractivity contribution in [1.82, 2.24) is 15.1 Å². The quantitative estimate of drug-likeness (QED) is 0.879. The molecule has 0 unspecified atom stereocenters. The molecule has 0 fully saturated rings. The summed E-state index contributed by atoms with van der Waals surface area (Å²) in [4.78, 5) is 11.9. The van der Waals surface area contributed by atoms with E-state index in [2.05, 4.69) is 29.5 Å². The van der Waals surface area contributed by atoms with Crippen molar-refractivity contribution in [2.24, 2.45) is 0 Å². The summed E-state index contributed by atoms with van der Waals surface area (Å²) in [5.74, 6) is -0.0471. The van der Waals surface area contributed by atoms with Crippen LogP contribution in [0.4, 0.5) is 5.69 Å². The third-order valence-electron chi connectivity index (χ3n) is 3.71. The van der Waals surface area contributed by atoms with Crippen molar-refractivity contribution in [2.75, 3.05) is 12.3 Å². The average molecular weight is 286 g/mol. The molecule has 1 aromatic heterocycles. The Labute approximate surface area is 125 Å². The van der Waals surface area contributed by atoms with E-state index >= 15 is 0 Å². The van der Waals surface area contributed by atoms with E-state index in [4.69, 9.17) is 5.73 Å². The number of hydrogen-bond donors (Lipinski definition) is 2. The number of hydrogen-bond acceptors (Lipinski definition) is 3. The van der Waals surface area contributed by atoms with Crippen LogP contribution in [0.25, 0.3) is 0 Å². The van der Waals surface area contributed by atoms with Gasteiger partial charge in [0.2, 0.25) is 5.91 Å². The number of carbonyl (C=O) groups is 1. The van der Waals surface area contributed by atoms with Gasteiger partial charge in [-0.15, -0.1) is 0 Å². The summed E-state index contributed by atoms with van der Waals surface area (Å²) >= 11 is 0. The number of nitrogen functional groups attached to an aromatic ring is 1. The van der Waals surface area contributed by atoms with Gasteiger partial charge in [0, 0.05) is 6.54 Å². The zero-order chi connectivity index (χ0) is 15.4. The minimum atomic E-state index is -0.0471. The van der Waals surface area contributed by atoms with Crippen LogP contribution in [0.5, 0.6) is 0 Å². The Hall–Kier alpha value is -2.30. The molecule has 0 saturated heterocycles. The highest BCUT2D eigenvalue weighted by atomic mass is 16.2. The number of rotatable bonds is 5. The van der Waals surface area contributed by atoms with E-state index in [1.54, 1.807) is 4.68 Å². The highest BCUT2D eigenvalue weighted by Gasteiger charge is 2.11. The molecule has 2 aromatic rings. The van der Waals surface area contributed by atoms with Gasteiger partial charge in [-0.05, 0) is 38.3 Å². The van der Waals surface area contributed by atoms with Gasteiger partial charge >= 0.3 is 0 Å². The summed E-state index contributed by atoms with van der Waals surface area (Å²) in [6, 6.07) is 8.20. The predicted octanol–water partition coefficient (Wildman–Crippen LogP) is 1.75. The number of aryl methyl sites for hydroxylation is 2. The molecule has 0 bridgehead atoms. The van der Waals surface area contributed by atoms with Gasteiger partial charge < -0.3 is 11.1 Å². The molecule has 1 heterocycles. The highest BCUT2D eigenvalue weighted by Crippen LogP contribution is 2.14. The van der Waals surface area contributed by atoms with E-state index < -0.39 is 0 Å². The van der Waals surface area contributed by atoms with Gasteiger partial charge in [-0.1, -0.05) is 24.3 Å². The van der Waals surface area contributed by atoms with Crippen molar-refractivity contribution in [3.8, 4) is 0 Å². The summed E-state index contributed by atoms with van der Waals surface area (Å²) in [5.41, 5.74) is 10.6. The fraction of sp³-hybridized carbons (Fsp3) is 0.375. The summed E-state index contributed by atoms with van der Waals surface area (Å²) in [5, 5.41) is 7.18. The molecule has 5 heteroatoms. The zero-order valence-electron chi connectivity index (χ0n) is 12.8. The Bertz CT molecular complexity index is 646. The summed E-state index contributed by atoms with van der Waals surface area (Å²) in [6.45, 7) is 6.62. The van der Waals surface area contributed by atoms with Crippen LogP contribution in [-0.4, -0.2) is 22.2 Å². The second kappa shape index (κ2) is 6.43. The van der Waals surface area contributed by atoms with Gasteiger partial charge in [-0.2, -0.15) is 5.10 Å². The van der Waals surface area contributed by atoms with Crippen LogP contribution in [0.2, 0.25) is 0 Å². The van der Waals surface area contributed by atoms with Gasteiger partial charge in [0.15, 0.2) is 0 Å². The first kappa shape index (κ1) is 15.1. The fourth-order valence-corrected chi connectivity index (χ4v) is 2.28. The van der Waals surface area contributed by atoms with Crippen molar-refractivity contribution in [2.45, 2.75) is 33.7 Å². The molecular weight excluding hydrogens is 264 g/mol. The van der Waals surface area contributed by atoms with Crippen molar-refractivity contribution in [3.05, 3.63) is 46.8 Å². The minimum Gasteiger partial charge on any atom is -0.396 e. The van der Waals surface area contributed by atoms with E-state index in [1.165, 1.54) is 11.1 Å². The normalized spacial score (nSPS) is 10.6. The number of anilines is 1. The second-order valence-corrected chi connectivity index (χ2v) is 5.27. The molecule has 0 aliphatic rings. The molecule has 0 aliphatic carbocycles. The third-order valence-corrected chi connectivity index (χ3v) is 3.71. The fourth-order valence-electron chi connectivity index (χ4n) is 2.28. The monoisotopic (exact) mass is 286 g/mol. The SMILES string of the molecule is Cc1ccccc1CCNC(=O)Cn1nc(C)c(N)c1C. The Morgan fingerprint density at radius 2 is 2.00 bits per heavy atom. The van der Waals surface area contributed by atoms with Crippen molar-refractivity contribution < 1.29 is 4.79 Å². The van der Waals surface area contributed by atoms with Crippen molar-refractivity contribution in [3.63, 3.8) is 0 Å². The molecule has 112 valence electrons. The third kappa shape index (κ3) is 3.62. The maximum absolute atomic E-state index is 11.9. The number of carbonyl (C=O) groups excluding carboxylic acids is 1. The van der Waals surface area contributed by atoms with E-state index in [9.17, 15) is 4.79 Å². The van der Waals surface area contributed by atoms with E-state index in [0.717, 1.165) is 17.8 Å². The lowest BCUT2D eigenvalue weighted by Crippen LogP contribution is -2.30. The molecule has 21 heavy (non-hydrogen) atoms. The minimum absolute atomic E-state index is 0.0471. The standard InChI is InChI=1S/C16H22N4O/c1-11-6-4-5-7-14(11)8-9-18-15(21)10-20-13(3)16(17)12(2)19-20/h4-7H,8-10,17H2,1-3H3,(H,18,21). The lowest BCUT2D eigenvalue weighted by Gasteiger charge is -2.08. The molecule has 0 atom stereocenters. The van der Waals surface area contributed by atoms with Crippen LogP contribution in [0.3, 0.4) is 0 Å².